The summed E-state index contributed by atoms with van der Waals surface area (Å²) in [4.78, 5) is 20.4. The van der Waals surface area contributed by atoms with E-state index < -0.39 is 0 Å². The van der Waals surface area contributed by atoms with Crippen molar-refractivity contribution in [2.24, 2.45) is 5.92 Å². The van der Waals surface area contributed by atoms with E-state index in [1.807, 2.05) is 0 Å². The minimum absolute atomic E-state index is 0.0579. The summed E-state index contributed by atoms with van der Waals surface area (Å²) in [7, 11) is 0. The molecule has 0 atom stereocenters. The number of carbonyl (C=O) groups is 1. The Morgan fingerprint density at radius 1 is 1.27 bits per heavy atom. The Morgan fingerprint density at radius 2 is 2.12 bits per heavy atom. The molecule has 1 heterocycles. The predicted molar refractivity (Wildman–Crippen MR) is 97.8 cm³/mol. The van der Waals surface area contributed by atoms with Gasteiger partial charge in [-0.3, -0.25) is 9.78 Å². The lowest BCUT2D eigenvalue weighted by molar-refractivity contribution is -0.148. The minimum atomic E-state index is -0.281. The van der Waals surface area contributed by atoms with E-state index in [1.165, 1.54) is 12.1 Å². The summed E-state index contributed by atoms with van der Waals surface area (Å²) in [6.45, 7) is 0.202. The van der Waals surface area contributed by atoms with Crippen molar-refractivity contribution < 1.29 is 13.9 Å². The van der Waals surface area contributed by atoms with Crippen molar-refractivity contribution >= 4 is 17.9 Å². The van der Waals surface area contributed by atoms with Crippen LogP contribution in [0.3, 0.4) is 0 Å². The fraction of sp³-hybridized carbons (Fsp3) is 0.350. The van der Waals surface area contributed by atoms with E-state index in [4.69, 9.17) is 4.74 Å². The second-order valence-corrected chi connectivity index (χ2v) is 6.37. The van der Waals surface area contributed by atoms with Gasteiger partial charge < -0.3 is 10.1 Å². The van der Waals surface area contributed by atoms with Gasteiger partial charge in [0, 0.05) is 18.4 Å². The molecule has 1 saturated carbocycles. The molecule has 26 heavy (non-hydrogen) atoms. The lowest BCUT2D eigenvalue weighted by atomic mass is 9.86. The zero-order valence-corrected chi connectivity index (χ0v) is 14.5. The second-order valence-electron chi connectivity index (χ2n) is 6.37. The largest absolute Gasteiger partial charge is 0.461 e. The minimum Gasteiger partial charge on any atom is -0.461 e. The highest BCUT2D eigenvalue weighted by Gasteiger charge is 2.27. The number of esters is 1. The third-order valence-electron chi connectivity index (χ3n) is 4.46. The van der Waals surface area contributed by atoms with Crippen LogP contribution in [0.2, 0.25) is 0 Å². The molecular formula is C20H22FN3O2. The van der Waals surface area contributed by atoms with Crippen molar-refractivity contribution in [2.75, 3.05) is 11.9 Å². The molecule has 6 heteroatoms. The van der Waals surface area contributed by atoms with Crippen LogP contribution in [0.15, 0.2) is 48.9 Å². The van der Waals surface area contributed by atoms with Gasteiger partial charge >= 0.3 is 5.97 Å². The summed E-state index contributed by atoms with van der Waals surface area (Å²) in [5.41, 5.74) is 0.747. The average molecular weight is 355 g/mol. The standard InChI is InChI=1S/C20H22FN3O2/c21-17-5-1-3-15(13-17)4-2-12-26-20(25)16-6-8-18(9-7-16)24-19-14-22-10-11-23-19/h1-5,10-11,13-14,16,18H,6-9,12H2,(H,23,24)/b4-2+. The van der Waals surface area contributed by atoms with E-state index in [0.29, 0.717) is 6.04 Å². The van der Waals surface area contributed by atoms with Gasteiger partial charge in [0.15, 0.2) is 0 Å². The van der Waals surface area contributed by atoms with Crippen LogP contribution < -0.4 is 5.32 Å². The van der Waals surface area contributed by atoms with E-state index in [2.05, 4.69) is 15.3 Å². The van der Waals surface area contributed by atoms with Crippen molar-refractivity contribution in [3.8, 4) is 0 Å². The molecule has 1 aliphatic carbocycles. The Bertz CT molecular complexity index is 744. The molecular weight excluding hydrogens is 333 g/mol. The quantitative estimate of drug-likeness (QED) is 0.798. The summed E-state index contributed by atoms with van der Waals surface area (Å²) >= 11 is 0. The summed E-state index contributed by atoms with van der Waals surface area (Å²) in [6, 6.07) is 6.58. The maximum atomic E-state index is 13.1. The fourth-order valence-corrected chi connectivity index (χ4v) is 3.10. The van der Waals surface area contributed by atoms with E-state index in [1.54, 1.807) is 42.9 Å². The molecule has 0 amide bonds. The molecule has 2 aromatic rings. The van der Waals surface area contributed by atoms with Gasteiger partial charge in [0.2, 0.25) is 0 Å². The summed E-state index contributed by atoms with van der Waals surface area (Å²) < 4.78 is 18.4. The van der Waals surface area contributed by atoms with Gasteiger partial charge in [0.05, 0.1) is 12.1 Å². The van der Waals surface area contributed by atoms with Crippen LogP contribution in [0.4, 0.5) is 10.2 Å². The van der Waals surface area contributed by atoms with Crippen molar-refractivity contribution in [1.29, 1.82) is 0 Å². The van der Waals surface area contributed by atoms with Crippen LogP contribution in [-0.2, 0) is 9.53 Å². The van der Waals surface area contributed by atoms with Gasteiger partial charge in [-0.05, 0) is 49.5 Å². The number of nitrogens with one attached hydrogen (secondary N) is 1. The molecule has 1 aromatic heterocycles. The fourth-order valence-electron chi connectivity index (χ4n) is 3.10. The number of hydrogen-bond donors (Lipinski definition) is 1. The highest BCUT2D eigenvalue weighted by atomic mass is 19.1. The Balaban J connectivity index is 1.38. The summed E-state index contributed by atoms with van der Waals surface area (Å²) in [6.07, 6.45) is 11.9. The molecule has 1 aliphatic rings. The molecule has 5 nitrogen and oxygen atoms in total. The van der Waals surface area contributed by atoms with E-state index >= 15 is 0 Å². The van der Waals surface area contributed by atoms with Gasteiger partial charge in [0.25, 0.3) is 0 Å². The van der Waals surface area contributed by atoms with Gasteiger partial charge in [0.1, 0.15) is 18.2 Å². The Kier molecular flexibility index (Phi) is 6.30. The molecule has 0 radical (unpaired) electrons. The molecule has 0 aliphatic heterocycles. The first-order valence-corrected chi connectivity index (χ1v) is 8.82. The van der Waals surface area contributed by atoms with Gasteiger partial charge in [-0.25, -0.2) is 9.37 Å². The third kappa shape index (κ3) is 5.37. The number of rotatable bonds is 6. The molecule has 1 aromatic carbocycles. The van der Waals surface area contributed by atoms with Crippen molar-refractivity contribution in [3.05, 3.63) is 60.3 Å². The monoisotopic (exact) mass is 355 g/mol. The van der Waals surface area contributed by atoms with Crippen LogP contribution in [0.25, 0.3) is 6.08 Å². The molecule has 3 rings (SSSR count). The van der Waals surface area contributed by atoms with Crippen LogP contribution in [0.1, 0.15) is 31.2 Å². The maximum Gasteiger partial charge on any atom is 0.309 e. The molecule has 0 saturated heterocycles. The molecule has 0 spiro atoms. The average Bonchev–Trinajstić information content (AvgIpc) is 2.66. The lowest BCUT2D eigenvalue weighted by Crippen LogP contribution is -2.30. The number of ether oxygens (including phenoxy) is 1. The first-order chi connectivity index (χ1) is 12.7. The van der Waals surface area contributed by atoms with Crippen LogP contribution in [-0.4, -0.2) is 28.6 Å². The Morgan fingerprint density at radius 3 is 2.85 bits per heavy atom. The molecule has 136 valence electrons. The molecule has 1 N–H and O–H groups in total. The number of nitrogens with zero attached hydrogens (tertiary/aromatic N) is 2. The van der Waals surface area contributed by atoms with Gasteiger partial charge in [-0.1, -0.05) is 18.2 Å². The first-order valence-electron chi connectivity index (χ1n) is 8.82. The zero-order valence-electron chi connectivity index (χ0n) is 14.5. The third-order valence-corrected chi connectivity index (χ3v) is 4.46. The topological polar surface area (TPSA) is 64.1 Å². The molecule has 0 unspecified atom stereocenters. The highest BCUT2D eigenvalue weighted by molar-refractivity contribution is 5.72. The summed E-state index contributed by atoms with van der Waals surface area (Å²) in [5.74, 6) is 0.265. The maximum absolute atomic E-state index is 13.1. The number of halogens is 1. The smallest absolute Gasteiger partial charge is 0.309 e. The van der Waals surface area contributed by atoms with E-state index in [0.717, 1.165) is 37.1 Å². The van der Waals surface area contributed by atoms with E-state index in [9.17, 15) is 9.18 Å². The Hall–Kier alpha value is -2.76. The van der Waals surface area contributed by atoms with E-state index in [-0.39, 0.29) is 24.3 Å². The predicted octanol–water partition coefficient (Wildman–Crippen LogP) is 3.84. The number of benzene rings is 1. The van der Waals surface area contributed by atoms with Crippen LogP contribution >= 0.6 is 0 Å². The van der Waals surface area contributed by atoms with Crippen LogP contribution in [0, 0.1) is 11.7 Å². The number of anilines is 1. The van der Waals surface area contributed by atoms with Crippen molar-refractivity contribution in [3.63, 3.8) is 0 Å². The lowest BCUT2D eigenvalue weighted by Gasteiger charge is -2.28. The SMILES string of the molecule is O=C(OC/C=C/c1cccc(F)c1)C1CCC(Nc2cnccn2)CC1. The number of aromatic nitrogens is 2. The normalized spacial score (nSPS) is 20.0. The van der Waals surface area contributed by atoms with Crippen molar-refractivity contribution in [2.45, 2.75) is 31.7 Å². The summed E-state index contributed by atoms with van der Waals surface area (Å²) in [5, 5.41) is 3.35. The van der Waals surface area contributed by atoms with Crippen LogP contribution in [0.5, 0.6) is 0 Å². The molecule has 0 bridgehead atoms. The second kappa shape index (κ2) is 9.08. The first kappa shape index (κ1) is 18.0. The molecule has 1 fully saturated rings. The zero-order chi connectivity index (χ0) is 18.2. The van der Waals surface area contributed by atoms with Gasteiger partial charge in [-0.15, -0.1) is 0 Å². The number of carbonyl (C=O) groups excluding carboxylic acids is 1. The van der Waals surface area contributed by atoms with Gasteiger partial charge in [-0.2, -0.15) is 0 Å². The highest BCUT2D eigenvalue weighted by Crippen LogP contribution is 2.27. The Labute approximate surface area is 152 Å². The van der Waals surface area contributed by atoms with Crippen molar-refractivity contribution in [1.82, 2.24) is 9.97 Å². The number of hydrogen-bond acceptors (Lipinski definition) is 5.